The molecule has 0 bridgehead atoms. The monoisotopic (exact) mass is 300 g/mol. The van der Waals surface area contributed by atoms with Crippen molar-refractivity contribution in [2.75, 3.05) is 11.9 Å². The molecular formula is C12H11F3N4O2. The Labute approximate surface area is 117 Å². The first kappa shape index (κ1) is 14.8. The predicted octanol–water partition coefficient (Wildman–Crippen LogP) is 2.47. The van der Waals surface area contributed by atoms with Crippen LogP contribution in [0.4, 0.5) is 19.1 Å². The minimum atomic E-state index is -4.62. The van der Waals surface area contributed by atoms with E-state index in [1.807, 2.05) is 0 Å². The highest BCUT2D eigenvalue weighted by molar-refractivity contribution is 6.04. The van der Waals surface area contributed by atoms with Gasteiger partial charge in [0.25, 0.3) is 5.91 Å². The Balaban J connectivity index is 2.20. The minimum absolute atomic E-state index is 0.00286. The molecule has 2 N–H and O–H groups in total. The maximum Gasteiger partial charge on any atom is 0.417 e. The molecule has 0 saturated carbocycles. The van der Waals surface area contributed by atoms with Crippen molar-refractivity contribution in [2.24, 2.45) is 0 Å². The maximum absolute atomic E-state index is 12.8. The molecule has 9 heteroatoms. The van der Waals surface area contributed by atoms with Crippen molar-refractivity contribution in [3.8, 4) is 6.01 Å². The van der Waals surface area contributed by atoms with Crippen LogP contribution >= 0.6 is 0 Å². The Bertz CT molecular complexity index is 639. The lowest BCUT2D eigenvalue weighted by Crippen LogP contribution is -2.19. The van der Waals surface area contributed by atoms with Gasteiger partial charge >= 0.3 is 12.2 Å². The summed E-state index contributed by atoms with van der Waals surface area (Å²) in [5, 5.41) is 8.18. The summed E-state index contributed by atoms with van der Waals surface area (Å²) in [6, 6.07) is 4.47. The Hall–Kier alpha value is -2.58. The second-order valence-corrected chi connectivity index (χ2v) is 3.90. The number of amides is 1. The molecule has 6 nitrogen and oxygen atoms in total. The van der Waals surface area contributed by atoms with Crippen LogP contribution in [-0.2, 0) is 6.18 Å². The zero-order valence-corrected chi connectivity index (χ0v) is 10.9. The summed E-state index contributed by atoms with van der Waals surface area (Å²) in [7, 11) is 0. The molecule has 1 amide bonds. The lowest BCUT2D eigenvalue weighted by Gasteiger charge is -2.11. The number of benzene rings is 1. The molecule has 0 fully saturated rings. The third kappa shape index (κ3) is 3.50. The van der Waals surface area contributed by atoms with Crippen molar-refractivity contribution in [2.45, 2.75) is 13.1 Å². The first-order valence-electron chi connectivity index (χ1n) is 5.94. The van der Waals surface area contributed by atoms with Crippen molar-refractivity contribution < 1.29 is 22.7 Å². The average Bonchev–Trinajstić information content (AvgIpc) is 2.85. The second-order valence-electron chi connectivity index (χ2n) is 3.90. The number of ether oxygens (including phenoxy) is 1. The van der Waals surface area contributed by atoms with Crippen molar-refractivity contribution in [3.05, 3.63) is 35.4 Å². The molecule has 1 heterocycles. The summed E-state index contributed by atoms with van der Waals surface area (Å²) in [5.74, 6) is -1.04. The molecule has 1 aromatic carbocycles. The van der Waals surface area contributed by atoms with E-state index in [0.717, 1.165) is 12.1 Å². The van der Waals surface area contributed by atoms with Gasteiger partial charge in [0.1, 0.15) is 0 Å². The largest absolute Gasteiger partial charge is 0.463 e. The molecule has 21 heavy (non-hydrogen) atoms. The Morgan fingerprint density at radius 2 is 2.10 bits per heavy atom. The Kier molecular flexibility index (Phi) is 4.10. The number of aromatic nitrogens is 3. The molecule has 0 spiro atoms. The molecule has 112 valence electrons. The normalized spacial score (nSPS) is 11.2. The molecule has 0 saturated heterocycles. The maximum atomic E-state index is 12.8. The molecule has 2 rings (SSSR count). The third-order valence-corrected chi connectivity index (χ3v) is 2.45. The molecule has 0 aliphatic carbocycles. The van der Waals surface area contributed by atoms with E-state index in [-0.39, 0.29) is 12.0 Å². The van der Waals surface area contributed by atoms with Crippen LogP contribution in [0.3, 0.4) is 0 Å². The van der Waals surface area contributed by atoms with Crippen molar-refractivity contribution in [1.82, 2.24) is 15.2 Å². The predicted molar refractivity (Wildman–Crippen MR) is 66.9 cm³/mol. The SMILES string of the molecule is CCOc1n[nH]c(NC(=O)c2ccccc2C(F)(F)F)n1. The summed E-state index contributed by atoms with van der Waals surface area (Å²) < 4.78 is 43.4. The van der Waals surface area contributed by atoms with Gasteiger partial charge in [0.05, 0.1) is 17.7 Å². The number of nitrogens with one attached hydrogen (secondary N) is 2. The number of hydrogen-bond donors (Lipinski definition) is 2. The van der Waals surface area contributed by atoms with Crippen LogP contribution in [0.15, 0.2) is 24.3 Å². The number of carbonyl (C=O) groups is 1. The van der Waals surface area contributed by atoms with Crippen molar-refractivity contribution >= 4 is 11.9 Å². The number of anilines is 1. The van der Waals surface area contributed by atoms with Crippen molar-refractivity contribution in [1.29, 1.82) is 0 Å². The van der Waals surface area contributed by atoms with Crippen LogP contribution in [-0.4, -0.2) is 27.7 Å². The molecule has 1 aromatic heterocycles. The van der Waals surface area contributed by atoms with Crippen LogP contribution in [0.25, 0.3) is 0 Å². The second kappa shape index (κ2) is 5.81. The summed E-state index contributed by atoms with van der Waals surface area (Å²) in [5.41, 5.74) is -1.52. The zero-order valence-electron chi connectivity index (χ0n) is 10.9. The Morgan fingerprint density at radius 1 is 1.38 bits per heavy atom. The van der Waals surface area contributed by atoms with Crippen LogP contribution < -0.4 is 10.1 Å². The molecule has 0 aliphatic heterocycles. The molecular weight excluding hydrogens is 289 g/mol. The highest BCUT2D eigenvalue weighted by Gasteiger charge is 2.34. The summed E-state index contributed by atoms with van der Waals surface area (Å²) >= 11 is 0. The van der Waals surface area contributed by atoms with E-state index in [2.05, 4.69) is 20.5 Å². The highest BCUT2D eigenvalue weighted by Crippen LogP contribution is 2.32. The van der Waals surface area contributed by atoms with Gasteiger partial charge in [0, 0.05) is 0 Å². The third-order valence-electron chi connectivity index (χ3n) is 2.45. The van der Waals surface area contributed by atoms with Crippen LogP contribution in [0.1, 0.15) is 22.8 Å². The number of halogens is 3. The number of nitrogens with zero attached hydrogens (tertiary/aromatic N) is 2. The number of hydrogen-bond acceptors (Lipinski definition) is 4. The molecule has 2 aromatic rings. The molecule has 0 unspecified atom stereocenters. The van der Waals surface area contributed by atoms with Gasteiger partial charge in [-0.05, 0) is 19.1 Å². The number of carbonyl (C=O) groups excluding carboxylic acids is 1. The van der Waals surface area contributed by atoms with Gasteiger partial charge in [-0.2, -0.15) is 18.2 Å². The summed E-state index contributed by atoms with van der Waals surface area (Å²) in [4.78, 5) is 15.7. The van der Waals surface area contributed by atoms with E-state index in [1.54, 1.807) is 6.92 Å². The lowest BCUT2D eigenvalue weighted by atomic mass is 10.1. The highest BCUT2D eigenvalue weighted by atomic mass is 19.4. The van der Waals surface area contributed by atoms with Crippen LogP contribution in [0.5, 0.6) is 6.01 Å². The number of aromatic amines is 1. The molecule has 0 atom stereocenters. The van der Waals surface area contributed by atoms with E-state index in [9.17, 15) is 18.0 Å². The summed E-state index contributed by atoms with van der Waals surface area (Å²) in [6.45, 7) is 2.04. The van der Waals surface area contributed by atoms with Gasteiger partial charge in [0.2, 0.25) is 5.95 Å². The van der Waals surface area contributed by atoms with E-state index in [1.165, 1.54) is 12.1 Å². The average molecular weight is 300 g/mol. The van der Waals surface area contributed by atoms with E-state index in [0.29, 0.717) is 6.61 Å². The van der Waals surface area contributed by atoms with Gasteiger partial charge in [-0.15, -0.1) is 5.10 Å². The minimum Gasteiger partial charge on any atom is -0.463 e. The lowest BCUT2D eigenvalue weighted by molar-refractivity contribution is -0.137. The van der Waals surface area contributed by atoms with Gasteiger partial charge < -0.3 is 4.74 Å². The van der Waals surface area contributed by atoms with Crippen LogP contribution in [0.2, 0.25) is 0 Å². The quantitative estimate of drug-likeness (QED) is 0.909. The van der Waals surface area contributed by atoms with Gasteiger partial charge in [0.15, 0.2) is 0 Å². The standard InChI is InChI=1S/C12H11F3N4O2/c1-2-21-11-17-10(18-19-11)16-9(20)7-5-3-4-6-8(7)12(13,14)15/h3-6H,2H2,1H3,(H2,16,17,18,19,20). The zero-order chi connectivity index (χ0) is 15.5. The van der Waals surface area contributed by atoms with Gasteiger partial charge in [-0.3, -0.25) is 10.1 Å². The summed E-state index contributed by atoms with van der Waals surface area (Å²) in [6.07, 6.45) is -4.62. The first-order chi connectivity index (χ1) is 9.91. The number of alkyl halides is 3. The smallest absolute Gasteiger partial charge is 0.417 e. The topological polar surface area (TPSA) is 79.9 Å². The van der Waals surface area contributed by atoms with Gasteiger partial charge in [-0.25, -0.2) is 5.10 Å². The fourth-order valence-corrected chi connectivity index (χ4v) is 1.60. The van der Waals surface area contributed by atoms with Gasteiger partial charge in [-0.1, -0.05) is 12.1 Å². The number of rotatable bonds is 4. The van der Waals surface area contributed by atoms with E-state index in [4.69, 9.17) is 4.74 Å². The molecule has 0 aliphatic rings. The first-order valence-corrected chi connectivity index (χ1v) is 5.94. The van der Waals surface area contributed by atoms with E-state index >= 15 is 0 Å². The fraction of sp³-hybridized carbons (Fsp3) is 0.250. The number of H-pyrrole nitrogens is 1. The Morgan fingerprint density at radius 3 is 2.76 bits per heavy atom. The van der Waals surface area contributed by atoms with Crippen molar-refractivity contribution in [3.63, 3.8) is 0 Å². The van der Waals surface area contributed by atoms with E-state index < -0.39 is 23.2 Å². The molecule has 0 radical (unpaired) electrons. The fourth-order valence-electron chi connectivity index (χ4n) is 1.60. The van der Waals surface area contributed by atoms with Crippen LogP contribution in [0, 0.1) is 0 Å².